The average molecular weight is 377 g/mol. The number of carbonyl (C=O) groups is 2. The average Bonchev–Trinajstić information content (AvgIpc) is 3.23. The molecule has 0 spiro atoms. The fourth-order valence-corrected chi connectivity index (χ4v) is 2.12. The van der Waals surface area contributed by atoms with Gasteiger partial charge in [0.05, 0.1) is 19.1 Å². The summed E-state index contributed by atoms with van der Waals surface area (Å²) in [5, 5.41) is 10.7. The molecule has 0 N–H and O–H groups in total. The molecular formula is C21H15NO6. The van der Waals surface area contributed by atoms with Crippen LogP contribution >= 0.6 is 0 Å². The highest BCUT2D eigenvalue weighted by Gasteiger charge is 2.20. The van der Waals surface area contributed by atoms with E-state index in [1.54, 1.807) is 6.08 Å². The summed E-state index contributed by atoms with van der Waals surface area (Å²) >= 11 is 0. The second kappa shape index (κ2) is 9.56. The predicted octanol–water partition coefficient (Wildman–Crippen LogP) is 2.48. The highest BCUT2D eigenvalue weighted by Crippen LogP contribution is 2.13. The molecule has 1 aliphatic carbocycles. The van der Waals surface area contributed by atoms with E-state index < -0.39 is 16.9 Å². The summed E-state index contributed by atoms with van der Waals surface area (Å²) < 4.78 is 9.42. The third-order valence-corrected chi connectivity index (χ3v) is 3.56. The summed E-state index contributed by atoms with van der Waals surface area (Å²) in [4.78, 5) is 34.5. The van der Waals surface area contributed by atoms with Crippen LogP contribution in [0.25, 0.3) is 0 Å². The Kier molecular flexibility index (Phi) is 6.90. The van der Waals surface area contributed by atoms with Gasteiger partial charge in [0.2, 0.25) is 0 Å². The minimum absolute atomic E-state index is 0.0890. The first-order chi connectivity index (χ1) is 13.5. The molecule has 0 fully saturated rings. The molecule has 0 unspecified atom stereocenters. The van der Waals surface area contributed by atoms with Gasteiger partial charge in [-0.2, -0.15) is 0 Å². The van der Waals surface area contributed by atoms with Crippen molar-refractivity contribution in [3.8, 4) is 23.7 Å². The van der Waals surface area contributed by atoms with Gasteiger partial charge in [-0.15, -0.1) is 0 Å². The van der Waals surface area contributed by atoms with Crippen LogP contribution in [-0.4, -0.2) is 31.1 Å². The molecule has 7 nitrogen and oxygen atoms in total. The Balaban J connectivity index is 2.50. The fraction of sp³-hybridized carbons (Fsp3) is 0.143. The van der Waals surface area contributed by atoms with E-state index in [9.17, 15) is 19.7 Å². The molecule has 2 rings (SSSR count). The molecule has 0 aromatic heterocycles. The number of ether oxygens (including phenoxy) is 2. The van der Waals surface area contributed by atoms with Crippen LogP contribution in [0.1, 0.15) is 12.0 Å². The number of rotatable bonds is 3. The molecule has 1 aromatic carbocycles. The Morgan fingerprint density at radius 2 is 1.57 bits per heavy atom. The normalized spacial score (nSPS) is 12.4. The van der Waals surface area contributed by atoms with Crippen molar-refractivity contribution in [2.75, 3.05) is 14.2 Å². The number of non-ortho nitro benzene ring substituents is 1. The third-order valence-electron chi connectivity index (χ3n) is 3.56. The Morgan fingerprint density at radius 1 is 1.00 bits per heavy atom. The van der Waals surface area contributed by atoms with E-state index >= 15 is 0 Å². The van der Waals surface area contributed by atoms with Crippen LogP contribution < -0.4 is 0 Å². The third kappa shape index (κ3) is 5.20. The second-order valence-corrected chi connectivity index (χ2v) is 5.36. The van der Waals surface area contributed by atoms with Crippen molar-refractivity contribution in [3.05, 3.63) is 74.9 Å². The van der Waals surface area contributed by atoms with Crippen LogP contribution in [0.15, 0.2) is 59.2 Å². The van der Waals surface area contributed by atoms with Crippen molar-refractivity contribution in [2.45, 2.75) is 6.42 Å². The van der Waals surface area contributed by atoms with E-state index in [0.29, 0.717) is 12.0 Å². The monoisotopic (exact) mass is 377 g/mol. The quantitative estimate of drug-likeness (QED) is 0.264. The molecule has 7 heteroatoms. The highest BCUT2D eigenvalue weighted by atomic mass is 16.6. The van der Waals surface area contributed by atoms with Crippen LogP contribution in [0.2, 0.25) is 0 Å². The van der Waals surface area contributed by atoms with Crippen LogP contribution in [-0.2, 0) is 19.1 Å². The minimum Gasteiger partial charge on any atom is -0.465 e. The number of nitro groups is 1. The van der Waals surface area contributed by atoms with Crippen molar-refractivity contribution in [1.82, 2.24) is 0 Å². The van der Waals surface area contributed by atoms with Gasteiger partial charge in [-0.3, -0.25) is 10.1 Å². The number of benzene rings is 1. The van der Waals surface area contributed by atoms with E-state index in [1.165, 1.54) is 31.4 Å². The molecule has 0 saturated carbocycles. The number of allylic oxidation sites excluding steroid dienone is 4. The standard InChI is InChI=1S/C21H15NO6/c1-27-20(23)18(13-9-15-5-3-4-6-15)19(21(24)28-2)14-10-16-7-11-17(12-8-16)22(25)26/h3-5,7-8,11-12H,6H2,1-2H3/b19-18+. The van der Waals surface area contributed by atoms with E-state index in [-0.39, 0.29) is 16.8 Å². The van der Waals surface area contributed by atoms with Crippen LogP contribution in [0, 0.1) is 33.8 Å². The lowest BCUT2D eigenvalue weighted by molar-refractivity contribution is -0.384. The molecule has 0 amide bonds. The van der Waals surface area contributed by atoms with Crippen LogP contribution in [0.3, 0.4) is 0 Å². The fourth-order valence-electron chi connectivity index (χ4n) is 2.12. The van der Waals surface area contributed by atoms with Gasteiger partial charge in [0, 0.05) is 23.3 Å². The zero-order chi connectivity index (χ0) is 20.5. The topological polar surface area (TPSA) is 95.7 Å². The molecule has 0 bridgehead atoms. The lowest BCUT2D eigenvalue weighted by atomic mass is 10.1. The summed E-state index contributed by atoms with van der Waals surface area (Å²) in [5.74, 6) is 9.04. The Bertz CT molecular complexity index is 1020. The maximum atomic E-state index is 12.2. The van der Waals surface area contributed by atoms with Crippen molar-refractivity contribution < 1.29 is 24.0 Å². The molecule has 0 heterocycles. The first-order valence-electron chi connectivity index (χ1n) is 8.01. The summed E-state index contributed by atoms with van der Waals surface area (Å²) in [6, 6.07) is 5.43. The first kappa shape index (κ1) is 20.2. The zero-order valence-electron chi connectivity index (χ0n) is 15.1. The van der Waals surface area contributed by atoms with Crippen molar-refractivity contribution in [1.29, 1.82) is 0 Å². The molecule has 0 saturated heterocycles. The second-order valence-electron chi connectivity index (χ2n) is 5.36. The molecule has 1 aliphatic rings. The van der Waals surface area contributed by atoms with E-state index in [0.717, 1.165) is 12.7 Å². The number of carbonyl (C=O) groups excluding carboxylic acids is 2. The molecule has 0 radical (unpaired) electrons. The van der Waals surface area contributed by atoms with Gasteiger partial charge in [-0.25, -0.2) is 9.59 Å². The Labute approximate surface area is 161 Å². The van der Waals surface area contributed by atoms with E-state index in [2.05, 4.69) is 23.7 Å². The lowest BCUT2D eigenvalue weighted by Crippen LogP contribution is -2.13. The van der Waals surface area contributed by atoms with Gasteiger partial charge in [-0.05, 0) is 18.6 Å². The number of esters is 2. The highest BCUT2D eigenvalue weighted by molar-refractivity contribution is 6.06. The van der Waals surface area contributed by atoms with Crippen molar-refractivity contribution in [2.24, 2.45) is 0 Å². The molecular weight excluding hydrogens is 362 g/mol. The molecule has 0 atom stereocenters. The molecule has 140 valence electrons. The summed E-state index contributed by atoms with van der Waals surface area (Å²) in [6.07, 6.45) is 6.16. The van der Waals surface area contributed by atoms with Crippen LogP contribution in [0.4, 0.5) is 5.69 Å². The minimum atomic E-state index is -0.845. The number of hydrogen-bond donors (Lipinski definition) is 0. The summed E-state index contributed by atoms with van der Waals surface area (Å²) in [5.41, 5.74) is 0.609. The van der Waals surface area contributed by atoms with Gasteiger partial charge in [-0.1, -0.05) is 41.9 Å². The first-order valence-corrected chi connectivity index (χ1v) is 8.01. The summed E-state index contributed by atoms with van der Waals surface area (Å²) in [6.45, 7) is 0. The molecule has 0 aliphatic heterocycles. The number of methoxy groups -OCH3 is 2. The van der Waals surface area contributed by atoms with Gasteiger partial charge in [0.25, 0.3) is 5.69 Å². The van der Waals surface area contributed by atoms with E-state index in [1.807, 2.05) is 12.2 Å². The van der Waals surface area contributed by atoms with Crippen molar-refractivity contribution in [3.63, 3.8) is 0 Å². The number of nitro benzene ring substituents is 1. The maximum absolute atomic E-state index is 12.2. The maximum Gasteiger partial charge on any atom is 0.348 e. The van der Waals surface area contributed by atoms with Crippen LogP contribution in [0.5, 0.6) is 0 Å². The smallest absolute Gasteiger partial charge is 0.348 e. The van der Waals surface area contributed by atoms with Gasteiger partial charge < -0.3 is 9.47 Å². The van der Waals surface area contributed by atoms with Gasteiger partial charge in [0.1, 0.15) is 11.1 Å². The SMILES string of the molecule is COC(=O)/C(C#CC1=CC=CC1)=C(\C#Cc1ccc([N+](=O)[O-])cc1)C(=O)OC. The summed E-state index contributed by atoms with van der Waals surface area (Å²) in [7, 11) is 2.32. The number of hydrogen-bond acceptors (Lipinski definition) is 6. The Morgan fingerprint density at radius 3 is 2.04 bits per heavy atom. The number of nitrogens with zero attached hydrogens (tertiary/aromatic N) is 1. The van der Waals surface area contributed by atoms with Crippen molar-refractivity contribution >= 4 is 17.6 Å². The molecule has 28 heavy (non-hydrogen) atoms. The van der Waals surface area contributed by atoms with Gasteiger partial charge in [0.15, 0.2) is 0 Å². The Hall–Kier alpha value is -4.10. The van der Waals surface area contributed by atoms with Gasteiger partial charge >= 0.3 is 11.9 Å². The van der Waals surface area contributed by atoms with E-state index in [4.69, 9.17) is 9.47 Å². The molecule has 1 aromatic rings. The lowest BCUT2D eigenvalue weighted by Gasteiger charge is -2.03. The largest absolute Gasteiger partial charge is 0.465 e. The zero-order valence-corrected chi connectivity index (χ0v) is 15.1. The predicted molar refractivity (Wildman–Crippen MR) is 101 cm³/mol.